The Morgan fingerprint density at radius 1 is 1.21 bits per heavy atom. The monoisotopic (exact) mass is 574 g/mol. The second kappa shape index (κ2) is 11.5. The SMILES string of the molecule is C=C(F)C(=O)N1CCN(c2nc(OC[C@@H]3CCCN3C)nc3c2CCC2(CCCc4ccc(O)cc42)C3)C[C@@H]1CC#N. The van der Waals surface area contributed by atoms with Crippen molar-refractivity contribution in [2.24, 2.45) is 0 Å². The van der Waals surface area contributed by atoms with Crippen LogP contribution in [-0.4, -0.2) is 82.7 Å². The first-order chi connectivity index (χ1) is 20.3. The molecule has 10 heteroatoms. The smallest absolute Gasteiger partial charge is 0.318 e. The van der Waals surface area contributed by atoms with Crippen LogP contribution in [0.3, 0.4) is 0 Å². The Labute approximate surface area is 246 Å². The van der Waals surface area contributed by atoms with Gasteiger partial charge in [-0.2, -0.15) is 15.2 Å². The number of anilines is 1. The zero-order chi connectivity index (χ0) is 29.4. The van der Waals surface area contributed by atoms with Crippen molar-refractivity contribution < 1.29 is 19.0 Å². The fourth-order valence-electron chi connectivity index (χ4n) is 7.58. The predicted molar refractivity (Wildman–Crippen MR) is 156 cm³/mol. The number of fused-ring (bicyclic) bond motifs is 3. The van der Waals surface area contributed by atoms with Crippen LogP contribution in [0.25, 0.3) is 0 Å². The zero-order valence-corrected chi connectivity index (χ0v) is 24.3. The van der Waals surface area contributed by atoms with Crippen molar-refractivity contribution in [3.8, 4) is 17.8 Å². The van der Waals surface area contributed by atoms with E-state index in [9.17, 15) is 19.6 Å². The molecule has 3 atom stereocenters. The summed E-state index contributed by atoms with van der Waals surface area (Å²) >= 11 is 0. The summed E-state index contributed by atoms with van der Waals surface area (Å²) in [4.78, 5) is 28.3. The molecule has 4 aliphatic rings. The van der Waals surface area contributed by atoms with Gasteiger partial charge in [0.15, 0.2) is 5.83 Å². The fourth-order valence-corrected chi connectivity index (χ4v) is 7.58. The van der Waals surface area contributed by atoms with E-state index in [0.717, 1.165) is 75.0 Å². The third kappa shape index (κ3) is 5.31. The van der Waals surface area contributed by atoms with E-state index in [1.807, 2.05) is 6.07 Å². The number of nitrogens with zero attached hydrogens (tertiary/aromatic N) is 6. The molecule has 2 fully saturated rings. The van der Waals surface area contributed by atoms with Crippen LogP contribution in [-0.2, 0) is 29.5 Å². The molecule has 1 aromatic carbocycles. The second-order valence-corrected chi connectivity index (χ2v) is 12.4. The number of phenols is 1. The minimum atomic E-state index is -1.01. The summed E-state index contributed by atoms with van der Waals surface area (Å²) in [5, 5.41) is 19.9. The van der Waals surface area contributed by atoms with E-state index in [-0.39, 0.29) is 18.4 Å². The van der Waals surface area contributed by atoms with E-state index in [2.05, 4.69) is 35.6 Å². The van der Waals surface area contributed by atoms with Crippen molar-refractivity contribution >= 4 is 11.7 Å². The Kier molecular flexibility index (Phi) is 7.79. The maximum atomic E-state index is 13.8. The molecule has 2 aromatic rings. The minimum absolute atomic E-state index is 0.0869. The van der Waals surface area contributed by atoms with E-state index >= 15 is 0 Å². The molecular weight excluding hydrogens is 535 g/mol. The van der Waals surface area contributed by atoms with Gasteiger partial charge in [0.05, 0.1) is 24.2 Å². The molecule has 42 heavy (non-hydrogen) atoms. The van der Waals surface area contributed by atoms with Crippen LogP contribution in [0.2, 0.25) is 0 Å². The summed E-state index contributed by atoms with van der Waals surface area (Å²) in [6.45, 7) is 5.83. The number of carbonyl (C=O) groups is 1. The first kappa shape index (κ1) is 28.4. The van der Waals surface area contributed by atoms with Crippen LogP contribution >= 0.6 is 0 Å². The first-order valence-electron chi connectivity index (χ1n) is 15.1. The van der Waals surface area contributed by atoms with E-state index in [4.69, 9.17) is 14.7 Å². The number of halogens is 1. The number of phenolic OH excluding ortho intramolecular Hbond substituents is 1. The lowest BCUT2D eigenvalue weighted by molar-refractivity contribution is -0.131. The lowest BCUT2D eigenvalue weighted by Gasteiger charge is -2.44. The first-order valence-corrected chi connectivity index (χ1v) is 15.1. The van der Waals surface area contributed by atoms with Crippen molar-refractivity contribution in [1.82, 2.24) is 19.8 Å². The van der Waals surface area contributed by atoms with E-state index < -0.39 is 17.8 Å². The highest BCUT2D eigenvalue weighted by Crippen LogP contribution is 2.48. The summed E-state index contributed by atoms with van der Waals surface area (Å²) in [6.07, 6.45) is 7.86. The van der Waals surface area contributed by atoms with Crippen LogP contribution in [0.4, 0.5) is 10.2 Å². The number of hydrogen-bond donors (Lipinski definition) is 1. The summed E-state index contributed by atoms with van der Waals surface area (Å²) in [7, 11) is 2.11. The number of piperazine rings is 1. The van der Waals surface area contributed by atoms with Gasteiger partial charge in [-0.25, -0.2) is 4.39 Å². The van der Waals surface area contributed by atoms with Gasteiger partial charge in [-0.05, 0) is 88.2 Å². The van der Waals surface area contributed by atoms with E-state index in [1.165, 1.54) is 16.0 Å². The van der Waals surface area contributed by atoms with Crippen LogP contribution in [0.1, 0.15) is 60.9 Å². The average molecular weight is 575 g/mol. The molecule has 1 N–H and O–H groups in total. The normalized spacial score (nSPS) is 25.5. The van der Waals surface area contributed by atoms with Gasteiger partial charge in [-0.3, -0.25) is 4.79 Å². The van der Waals surface area contributed by atoms with Crippen LogP contribution in [0.5, 0.6) is 11.8 Å². The molecule has 222 valence electrons. The van der Waals surface area contributed by atoms with Crippen molar-refractivity contribution in [2.45, 2.75) is 75.3 Å². The number of carbonyl (C=O) groups excluding carboxylic acids is 1. The standard InChI is InChI=1S/C32H39FN6O3/c1-21(33)30(41)39-16-15-38(19-23(39)10-13-34)29-26-9-12-32(11-3-5-22-7-8-25(40)17-27(22)32)18-28(26)35-31(36-29)42-20-24-6-4-14-37(24)2/h7-8,17,23-24,40H,1,3-6,9-12,14-16,18-20H2,2H3/t23-,24-,32?/m0/s1. The summed E-state index contributed by atoms with van der Waals surface area (Å²) in [5.74, 6) is -0.695. The molecule has 1 unspecified atom stereocenters. The number of nitriles is 1. The van der Waals surface area contributed by atoms with E-state index in [0.29, 0.717) is 37.5 Å². The zero-order valence-electron chi connectivity index (χ0n) is 24.3. The number of aryl methyl sites for hydroxylation is 1. The predicted octanol–water partition coefficient (Wildman–Crippen LogP) is 3.83. The van der Waals surface area contributed by atoms with Gasteiger partial charge in [0, 0.05) is 36.7 Å². The Balaban J connectivity index is 1.35. The van der Waals surface area contributed by atoms with Crippen LogP contribution < -0.4 is 9.64 Å². The molecule has 0 radical (unpaired) electrons. The van der Waals surface area contributed by atoms with Gasteiger partial charge in [0.25, 0.3) is 5.91 Å². The Bertz CT molecular complexity index is 1430. The maximum Gasteiger partial charge on any atom is 0.318 e. The number of ether oxygens (including phenoxy) is 1. The number of likely N-dealkylation sites (tertiary alicyclic amines) is 1. The second-order valence-electron chi connectivity index (χ2n) is 12.4. The summed E-state index contributed by atoms with van der Waals surface area (Å²) < 4.78 is 20.1. The molecule has 1 spiro atoms. The Hall–Kier alpha value is -3.71. The Morgan fingerprint density at radius 2 is 2.07 bits per heavy atom. The van der Waals surface area contributed by atoms with Crippen LogP contribution in [0, 0.1) is 11.3 Å². The number of aromatic hydroxyl groups is 1. The van der Waals surface area contributed by atoms with Gasteiger partial charge in [-0.15, -0.1) is 0 Å². The highest BCUT2D eigenvalue weighted by Gasteiger charge is 2.42. The molecule has 9 nitrogen and oxygen atoms in total. The number of hydrogen-bond acceptors (Lipinski definition) is 8. The summed E-state index contributed by atoms with van der Waals surface area (Å²) in [5.41, 5.74) is 4.45. The number of amides is 1. The van der Waals surface area contributed by atoms with Gasteiger partial charge in [-0.1, -0.05) is 12.6 Å². The lowest BCUT2D eigenvalue weighted by atomic mass is 9.62. The van der Waals surface area contributed by atoms with Crippen molar-refractivity contribution in [3.63, 3.8) is 0 Å². The minimum Gasteiger partial charge on any atom is -0.508 e. The van der Waals surface area contributed by atoms with Crippen molar-refractivity contribution in [2.75, 3.05) is 44.7 Å². The molecule has 0 bridgehead atoms. The molecular formula is C32H39FN6O3. The third-order valence-corrected chi connectivity index (χ3v) is 9.85. The molecule has 6 rings (SSSR count). The molecule has 1 amide bonds. The van der Waals surface area contributed by atoms with Gasteiger partial charge in [0.2, 0.25) is 0 Å². The average Bonchev–Trinajstić information content (AvgIpc) is 3.40. The van der Waals surface area contributed by atoms with Crippen LogP contribution in [0.15, 0.2) is 30.6 Å². The highest BCUT2D eigenvalue weighted by molar-refractivity contribution is 5.91. The number of benzene rings is 1. The topological polar surface area (TPSA) is 106 Å². The fraction of sp³-hybridized carbons (Fsp3) is 0.562. The molecule has 1 aromatic heterocycles. The molecule has 2 aliphatic heterocycles. The van der Waals surface area contributed by atoms with Gasteiger partial charge < -0.3 is 24.5 Å². The highest BCUT2D eigenvalue weighted by atomic mass is 19.1. The quantitative estimate of drug-likeness (QED) is 0.519. The Morgan fingerprint density at radius 3 is 2.83 bits per heavy atom. The third-order valence-electron chi connectivity index (χ3n) is 9.85. The molecule has 0 saturated carbocycles. The lowest BCUT2D eigenvalue weighted by Crippen LogP contribution is -2.55. The molecule has 2 aliphatic carbocycles. The largest absolute Gasteiger partial charge is 0.508 e. The number of rotatable bonds is 6. The van der Waals surface area contributed by atoms with Crippen molar-refractivity contribution in [3.05, 3.63) is 53.0 Å². The molecule has 2 saturated heterocycles. The van der Waals surface area contributed by atoms with Gasteiger partial charge in [0.1, 0.15) is 18.2 Å². The van der Waals surface area contributed by atoms with Crippen molar-refractivity contribution in [1.29, 1.82) is 5.26 Å². The molecule has 3 heterocycles. The summed E-state index contributed by atoms with van der Waals surface area (Å²) in [6, 6.07) is 8.12. The van der Waals surface area contributed by atoms with E-state index in [1.54, 1.807) is 6.07 Å². The maximum absolute atomic E-state index is 13.8. The number of likely N-dealkylation sites (N-methyl/N-ethyl adjacent to an activating group) is 1. The number of aromatic nitrogens is 2. The van der Waals surface area contributed by atoms with Gasteiger partial charge >= 0.3 is 6.01 Å².